The van der Waals surface area contributed by atoms with Crippen molar-refractivity contribution in [1.82, 2.24) is 0 Å². The first kappa shape index (κ1) is 12.9. The lowest BCUT2D eigenvalue weighted by Gasteiger charge is -2.20. The maximum absolute atomic E-state index is 12.1. The Morgan fingerprint density at radius 3 is 2.75 bits per heavy atom. The first-order valence-electron chi connectivity index (χ1n) is 5.77. The number of carbonyl (C=O) groups is 2. The number of rotatable bonds is 4. The summed E-state index contributed by atoms with van der Waals surface area (Å²) in [7, 11) is 0. The number of Topliss-reactive ketones (excluding diaryl/α,β-unsaturated/α-hetero) is 1. The van der Waals surface area contributed by atoms with Gasteiger partial charge < -0.3 is 4.74 Å². The van der Waals surface area contributed by atoms with E-state index in [1.165, 1.54) is 0 Å². The molecule has 0 unspecified atom stereocenters. The van der Waals surface area contributed by atoms with Gasteiger partial charge in [0.2, 0.25) is 0 Å². The molecule has 1 rings (SSSR count). The van der Waals surface area contributed by atoms with Gasteiger partial charge in [0.1, 0.15) is 5.41 Å². The van der Waals surface area contributed by atoms with Crippen LogP contribution in [0.25, 0.3) is 0 Å². The van der Waals surface area contributed by atoms with Crippen molar-refractivity contribution in [3.05, 3.63) is 12.2 Å². The summed E-state index contributed by atoms with van der Waals surface area (Å²) in [4.78, 5) is 23.9. The number of ketones is 1. The van der Waals surface area contributed by atoms with Crippen LogP contribution in [-0.4, -0.2) is 18.4 Å². The third-order valence-electron chi connectivity index (χ3n) is 3.23. The molecule has 0 N–H and O–H groups in total. The molecule has 1 aliphatic rings. The highest BCUT2D eigenvalue weighted by Crippen LogP contribution is 2.41. The molecule has 0 bridgehead atoms. The van der Waals surface area contributed by atoms with Gasteiger partial charge in [0.25, 0.3) is 0 Å². The zero-order valence-electron chi connectivity index (χ0n) is 10.3. The van der Waals surface area contributed by atoms with Crippen molar-refractivity contribution in [1.29, 1.82) is 0 Å². The average Bonchev–Trinajstić information content (AvgIpc) is 2.47. The number of hydrogen-bond donors (Lipinski definition) is 0. The lowest BCUT2D eigenvalue weighted by molar-refractivity contribution is -0.158. The summed E-state index contributed by atoms with van der Waals surface area (Å²) in [6, 6.07) is 0. The molecule has 0 aromatic rings. The highest BCUT2D eigenvalue weighted by atomic mass is 16.5. The van der Waals surface area contributed by atoms with Crippen molar-refractivity contribution in [2.75, 3.05) is 6.61 Å². The second kappa shape index (κ2) is 4.81. The fourth-order valence-corrected chi connectivity index (χ4v) is 2.28. The van der Waals surface area contributed by atoms with Crippen LogP contribution in [0.5, 0.6) is 0 Å². The SMILES string of the molecule is C=C(C)C[C@H]1CC[C@](C)(C(=O)OCC)C1=O. The Kier molecular flexibility index (Phi) is 3.89. The van der Waals surface area contributed by atoms with E-state index in [2.05, 4.69) is 6.58 Å². The first-order chi connectivity index (χ1) is 7.41. The Labute approximate surface area is 96.9 Å². The Bertz CT molecular complexity index is 319. The Morgan fingerprint density at radius 2 is 2.25 bits per heavy atom. The average molecular weight is 224 g/mol. The molecule has 0 aromatic heterocycles. The number of allylic oxidation sites excluding steroid dienone is 1. The summed E-state index contributed by atoms with van der Waals surface area (Å²) in [6.45, 7) is 9.51. The summed E-state index contributed by atoms with van der Waals surface area (Å²) in [6.07, 6.45) is 2.05. The van der Waals surface area contributed by atoms with E-state index in [0.29, 0.717) is 19.4 Å². The molecule has 0 amide bonds. The third kappa shape index (κ3) is 2.34. The molecule has 0 spiro atoms. The second-order valence-electron chi connectivity index (χ2n) is 4.81. The van der Waals surface area contributed by atoms with Crippen LogP contribution in [0.4, 0.5) is 0 Å². The van der Waals surface area contributed by atoms with Gasteiger partial charge >= 0.3 is 5.97 Å². The highest BCUT2D eigenvalue weighted by molar-refractivity contribution is 6.06. The van der Waals surface area contributed by atoms with E-state index in [0.717, 1.165) is 12.0 Å². The number of hydrogen-bond acceptors (Lipinski definition) is 3. The van der Waals surface area contributed by atoms with E-state index in [1.54, 1.807) is 13.8 Å². The topological polar surface area (TPSA) is 43.4 Å². The lowest BCUT2D eigenvalue weighted by atomic mass is 9.85. The van der Waals surface area contributed by atoms with Gasteiger partial charge in [-0.25, -0.2) is 0 Å². The van der Waals surface area contributed by atoms with Gasteiger partial charge in [-0.3, -0.25) is 9.59 Å². The van der Waals surface area contributed by atoms with Crippen LogP contribution in [0.3, 0.4) is 0 Å². The summed E-state index contributed by atoms with van der Waals surface area (Å²) in [5, 5.41) is 0. The molecule has 90 valence electrons. The van der Waals surface area contributed by atoms with Crippen LogP contribution >= 0.6 is 0 Å². The molecule has 1 fully saturated rings. The maximum Gasteiger partial charge on any atom is 0.319 e. The molecular weight excluding hydrogens is 204 g/mol. The normalized spacial score (nSPS) is 29.2. The fourth-order valence-electron chi connectivity index (χ4n) is 2.28. The lowest BCUT2D eigenvalue weighted by Crippen LogP contribution is -2.35. The van der Waals surface area contributed by atoms with Crippen LogP contribution < -0.4 is 0 Å². The van der Waals surface area contributed by atoms with Crippen LogP contribution in [-0.2, 0) is 14.3 Å². The summed E-state index contributed by atoms with van der Waals surface area (Å²) in [5.41, 5.74) is 0.0716. The van der Waals surface area contributed by atoms with E-state index < -0.39 is 5.41 Å². The van der Waals surface area contributed by atoms with Gasteiger partial charge in [-0.2, -0.15) is 0 Å². The molecule has 0 saturated heterocycles. The Morgan fingerprint density at radius 1 is 1.62 bits per heavy atom. The quantitative estimate of drug-likeness (QED) is 0.418. The monoisotopic (exact) mass is 224 g/mol. The molecule has 3 heteroatoms. The minimum absolute atomic E-state index is 0.0222. The summed E-state index contributed by atoms with van der Waals surface area (Å²) in [5.74, 6) is -0.398. The molecule has 3 nitrogen and oxygen atoms in total. The van der Waals surface area contributed by atoms with E-state index >= 15 is 0 Å². The van der Waals surface area contributed by atoms with E-state index in [1.807, 2.05) is 6.92 Å². The molecule has 2 atom stereocenters. The number of esters is 1. The number of carbonyl (C=O) groups excluding carboxylic acids is 2. The van der Waals surface area contributed by atoms with Gasteiger partial charge in [-0.05, 0) is 40.0 Å². The minimum atomic E-state index is -0.921. The van der Waals surface area contributed by atoms with Crippen LogP contribution in [0, 0.1) is 11.3 Å². The predicted molar refractivity (Wildman–Crippen MR) is 61.9 cm³/mol. The van der Waals surface area contributed by atoms with E-state index in [4.69, 9.17) is 4.74 Å². The van der Waals surface area contributed by atoms with Gasteiger partial charge in [-0.15, -0.1) is 6.58 Å². The van der Waals surface area contributed by atoms with Crippen molar-refractivity contribution in [2.45, 2.75) is 40.0 Å². The van der Waals surface area contributed by atoms with Crippen molar-refractivity contribution < 1.29 is 14.3 Å². The van der Waals surface area contributed by atoms with Gasteiger partial charge in [0, 0.05) is 5.92 Å². The van der Waals surface area contributed by atoms with Gasteiger partial charge in [0.05, 0.1) is 6.61 Å². The van der Waals surface area contributed by atoms with Crippen LogP contribution in [0.2, 0.25) is 0 Å². The maximum atomic E-state index is 12.1. The zero-order valence-corrected chi connectivity index (χ0v) is 10.3. The predicted octanol–water partition coefficient (Wildman–Crippen LogP) is 2.50. The largest absolute Gasteiger partial charge is 0.465 e. The highest BCUT2D eigenvalue weighted by Gasteiger charge is 2.50. The molecule has 0 radical (unpaired) electrons. The summed E-state index contributed by atoms with van der Waals surface area (Å²) < 4.78 is 4.97. The standard InChI is InChI=1S/C13H20O3/c1-5-16-12(15)13(4)7-6-10(11(13)14)8-9(2)3/h10H,2,5-8H2,1,3-4H3/t10-,13+/m1/s1. The van der Waals surface area contributed by atoms with Gasteiger partial charge in [0.15, 0.2) is 5.78 Å². The molecular formula is C13H20O3. The van der Waals surface area contributed by atoms with Crippen LogP contribution in [0.15, 0.2) is 12.2 Å². The molecule has 0 aromatic carbocycles. The Balaban J connectivity index is 2.75. The third-order valence-corrected chi connectivity index (χ3v) is 3.23. The second-order valence-corrected chi connectivity index (χ2v) is 4.81. The van der Waals surface area contributed by atoms with E-state index in [-0.39, 0.29) is 17.7 Å². The molecule has 0 heterocycles. The van der Waals surface area contributed by atoms with E-state index in [9.17, 15) is 9.59 Å². The molecule has 1 aliphatic carbocycles. The van der Waals surface area contributed by atoms with Gasteiger partial charge in [-0.1, -0.05) is 5.57 Å². The molecule has 1 saturated carbocycles. The zero-order chi connectivity index (χ0) is 12.3. The number of ether oxygens (including phenoxy) is 1. The van der Waals surface area contributed by atoms with Crippen LogP contribution in [0.1, 0.15) is 40.0 Å². The fraction of sp³-hybridized carbons (Fsp3) is 0.692. The Hall–Kier alpha value is -1.12. The first-order valence-corrected chi connectivity index (χ1v) is 5.77. The van der Waals surface area contributed by atoms with Crippen molar-refractivity contribution in [3.8, 4) is 0 Å². The van der Waals surface area contributed by atoms with Crippen molar-refractivity contribution in [3.63, 3.8) is 0 Å². The molecule has 0 aliphatic heterocycles. The van der Waals surface area contributed by atoms with Crippen molar-refractivity contribution in [2.24, 2.45) is 11.3 Å². The smallest absolute Gasteiger partial charge is 0.319 e. The minimum Gasteiger partial charge on any atom is -0.465 e. The summed E-state index contributed by atoms with van der Waals surface area (Å²) >= 11 is 0. The van der Waals surface area contributed by atoms with Crippen molar-refractivity contribution >= 4 is 11.8 Å². The molecule has 16 heavy (non-hydrogen) atoms.